The van der Waals surface area contributed by atoms with Crippen LogP contribution in [0.1, 0.15) is 10.4 Å². The van der Waals surface area contributed by atoms with Crippen LogP contribution in [0, 0.1) is 0 Å². The topological polar surface area (TPSA) is 82.8 Å². The number of halogens is 1. The molecule has 0 bridgehead atoms. The molecule has 2 heterocycles. The summed E-state index contributed by atoms with van der Waals surface area (Å²) in [6.07, 6.45) is 4.83. The molecule has 0 radical (unpaired) electrons. The lowest BCUT2D eigenvalue weighted by molar-refractivity contribution is 0.102. The molecule has 0 aliphatic rings. The number of benzene rings is 2. The molecule has 9 heteroatoms. The summed E-state index contributed by atoms with van der Waals surface area (Å²) in [5.74, 6) is 1.52. The molecule has 0 saturated heterocycles. The van der Waals surface area contributed by atoms with E-state index in [0.717, 1.165) is 15.9 Å². The molecular weight excluding hydrogens is 466 g/mol. The van der Waals surface area contributed by atoms with Crippen LogP contribution in [0.5, 0.6) is 5.75 Å². The molecule has 2 aromatic heterocycles. The van der Waals surface area contributed by atoms with Gasteiger partial charge in [-0.3, -0.25) is 14.3 Å². The molecule has 0 unspecified atom stereocenters. The first-order chi connectivity index (χ1) is 14.7. The smallest absolute Gasteiger partial charge is 0.196 e. The zero-order chi connectivity index (χ0) is 20.9. The van der Waals surface area contributed by atoms with Crippen molar-refractivity contribution in [1.29, 1.82) is 0 Å². The van der Waals surface area contributed by atoms with Crippen LogP contribution in [0.25, 0.3) is 17.2 Å². The Balaban J connectivity index is 1.67. The number of carbonyl (C=O) groups excluding carboxylic acids is 1. The second kappa shape index (κ2) is 9.19. The molecule has 0 amide bonds. The van der Waals surface area contributed by atoms with E-state index in [0.29, 0.717) is 22.2 Å². The third kappa shape index (κ3) is 4.42. The van der Waals surface area contributed by atoms with Gasteiger partial charge in [0.25, 0.3) is 0 Å². The Labute approximate surface area is 185 Å². The Morgan fingerprint density at radius 1 is 1.13 bits per heavy atom. The SMILES string of the molecule is COc1ccc(-n2c(SCC(=O)c3cccc(Br)c3)nnc2-c2cnccn2)cc1. The van der Waals surface area contributed by atoms with Crippen LogP contribution >= 0.6 is 27.7 Å². The fraction of sp³-hybridized carbons (Fsp3) is 0.0952. The van der Waals surface area contributed by atoms with E-state index in [2.05, 4.69) is 36.1 Å². The van der Waals surface area contributed by atoms with Crippen molar-refractivity contribution in [3.05, 3.63) is 77.2 Å². The minimum Gasteiger partial charge on any atom is -0.497 e. The van der Waals surface area contributed by atoms with Gasteiger partial charge in [-0.25, -0.2) is 4.98 Å². The number of Topliss-reactive ketones (excluding diaryl/α,β-unsaturated/α-hetero) is 1. The van der Waals surface area contributed by atoms with E-state index in [9.17, 15) is 4.79 Å². The number of methoxy groups -OCH3 is 1. The van der Waals surface area contributed by atoms with Gasteiger partial charge in [0.1, 0.15) is 11.4 Å². The summed E-state index contributed by atoms with van der Waals surface area (Å²) in [6.45, 7) is 0. The molecule has 0 N–H and O–H groups in total. The highest BCUT2D eigenvalue weighted by Gasteiger charge is 2.19. The predicted molar refractivity (Wildman–Crippen MR) is 118 cm³/mol. The molecule has 0 fully saturated rings. The third-order valence-corrected chi connectivity index (χ3v) is 5.66. The number of ketones is 1. The lowest BCUT2D eigenvalue weighted by Crippen LogP contribution is -2.05. The van der Waals surface area contributed by atoms with Crippen molar-refractivity contribution in [2.24, 2.45) is 0 Å². The second-order valence-corrected chi connectivity index (χ2v) is 8.01. The largest absolute Gasteiger partial charge is 0.497 e. The van der Waals surface area contributed by atoms with Crippen molar-refractivity contribution in [1.82, 2.24) is 24.7 Å². The molecule has 0 saturated carbocycles. The van der Waals surface area contributed by atoms with Gasteiger partial charge in [-0.15, -0.1) is 10.2 Å². The Morgan fingerprint density at radius 3 is 2.67 bits per heavy atom. The van der Waals surface area contributed by atoms with Crippen molar-refractivity contribution in [3.63, 3.8) is 0 Å². The van der Waals surface area contributed by atoms with Gasteiger partial charge in [0.15, 0.2) is 16.8 Å². The van der Waals surface area contributed by atoms with E-state index < -0.39 is 0 Å². The van der Waals surface area contributed by atoms with E-state index in [1.165, 1.54) is 11.8 Å². The van der Waals surface area contributed by atoms with E-state index in [4.69, 9.17) is 4.74 Å². The highest BCUT2D eigenvalue weighted by molar-refractivity contribution is 9.10. The van der Waals surface area contributed by atoms with Crippen LogP contribution in [0.15, 0.2) is 76.8 Å². The van der Waals surface area contributed by atoms with E-state index in [-0.39, 0.29) is 11.5 Å². The molecule has 0 aliphatic heterocycles. The molecule has 4 rings (SSSR count). The summed E-state index contributed by atoms with van der Waals surface area (Å²) in [5.41, 5.74) is 2.06. The maximum Gasteiger partial charge on any atom is 0.196 e. The predicted octanol–water partition coefficient (Wildman–Crippen LogP) is 4.47. The maximum atomic E-state index is 12.6. The summed E-state index contributed by atoms with van der Waals surface area (Å²) in [4.78, 5) is 21.1. The van der Waals surface area contributed by atoms with Gasteiger partial charge in [-0.2, -0.15) is 0 Å². The second-order valence-electron chi connectivity index (χ2n) is 6.15. The minimum atomic E-state index is 0.00614. The van der Waals surface area contributed by atoms with Gasteiger partial charge in [-0.1, -0.05) is 39.8 Å². The van der Waals surface area contributed by atoms with Crippen LogP contribution in [-0.2, 0) is 0 Å². The average Bonchev–Trinajstić information content (AvgIpc) is 3.22. The third-order valence-electron chi connectivity index (χ3n) is 4.24. The van der Waals surface area contributed by atoms with E-state index in [1.54, 1.807) is 31.8 Å². The van der Waals surface area contributed by atoms with Crippen molar-refractivity contribution >= 4 is 33.5 Å². The van der Waals surface area contributed by atoms with Gasteiger partial charge < -0.3 is 4.74 Å². The highest BCUT2D eigenvalue weighted by atomic mass is 79.9. The standard InChI is InChI=1S/C21H16BrN5O2S/c1-29-17-7-5-16(6-8-17)27-20(18-12-23-9-10-24-18)25-26-21(27)30-13-19(28)14-3-2-4-15(22)11-14/h2-12H,13H2,1H3. The Hall–Kier alpha value is -3.04. The van der Waals surface area contributed by atoms with Crippen LogP contribution in [-0.4, -0.2) is 43.4 Å². The van der Waals surface area contributed by atoms with Crippen molar-refractivity contribution in [2.75, 3.05) is 12.9 Å². The number of ether oxygens (including phenoxy) is 1. The monoisotopic (exact) mass is 481 g/mol. The summed E-state index contributed by atoms with van der Waals surface area (Å²) in [5, 5.41) is 9.21. The highest BCUT2D eigenvalue weighted by Crippen LogP contribution is 2.28. The fourth-order valence-electron chi connectivity index (χ4n) is 2.78. The van der Waals surface area contributed by atoms with E-state index in [1.807, 2.05) is 47.0 Å². The van der Waals surface area contributed by atoms with Crippen LogP contribution in [0.2, 0.25) is 0 Å². The molecule has 0 atom stereocenters. The van der Waals surface area contributed by atoms with Gasteiger partial charge in [-0.05, 0) is 36.4 Å². The zero-order valence-corrected chi connectivity index (χ0v) is 18.3. The number of hydrogen-bond donors (Lipinski definition) is 0. The molecular formula is C21H16BrN5O2S. The number of hydrogen-bond acceptors (Lipinski definition) is 7. The minimum absolute atomic E-state index is 0.00614. The number of carbonyl (C=O) groups is 1. The van der Waals surface area contributed by atoms with Crippen molar-refractivity contribution in [3.8, 4) is 23.0 Å². The number of aromatic nitrogens is 5. The summed E-state index contributed by atoms with van der Waals surface area (Å²) in [6, 6.07) is 14.9. The average molecular weight is 482 g/mol. The summed E-state index contributed by atoms with van der Waals surface area (Å²) < 4.78 is 7.98. The van der Waals surface area contributed by atoms with Gasteiger partial charge in [0.05, 0.1) is 24.7 Å². The fourth-order valence-corrected chi connectivity index (χ4v) is 4.03. The Kier molecular flexibility index (Phi) is 6.20. The zero-order valence-electron chi connectivity index (χ0n) is 15.9. The van der Waals surface area contributed by atoms with Crippen molar-refractivity contribution < 1.29 is 9.53 Å². The summed E-state index contributed by atoms with van der Waals surface area (Å²) >= 11 is 4.72. The summed E-state index contributed by atoms with van der Waals surface area (Å²) in [7, 11) is 1.62. The molecule has 4 aromatic rings. The number of nitrogens with zero attached hydrogens (tertiary/aromatic N) is 5. The van der Waals surface area contributed by atoms with Gasteiger partial charge in [0, 0.05) is 22.4 Å². The lowest BCUT2D eigenvalue weighted by atomic mass is 10.2. The quantitative estimate of drug-likeness (QED) is 0.284. The number of rotatable bonds is 7. The first-order valence-corrected chi connectivity index (χ1v) is 10.7. The van der Waals surface area contributed by atoms with Crippen LogP contribution in [0.4, 0.5) is 0 Å². The Bertz CT molecular complexity index is 1170. The first kappa shape index (κ1) is 20.2. The van der Waals surface area contributed by atoms with Crippen LogP contribution < -0.4 is 4.74 Å². The molecule has 30 heavy (non-hydrogen) atoms. The molecule has 2 aromatic carbocycles. The molecule has 0 spiro atoms. The van der Waals surface area contributed by atoms with Crippen molar-refractivity contribution in [2.45, 2.75) is 5.16 Å². The molecule has 7 nitrogen and oxygen atoms in total. The van der Waals surface area contributed by atoms with Crippen LogP contribution in [0.3, 0.4) is 0 Å². The van der Waals surface area contributed by atoms with E-state index >= 15 is 0 Å². The lowest BCUT2D eigenvalue weighted by Gasteiger charge is -2.10. The Morgan fingerprint density at radius 2 is 1.97 bits per heavy atom. The molecule has 0 aliphatic carbocycles. The van der Waals surface area contributed by atoms with Gasteiger partial charge in [0.2, 0.25) is 0 Å². The number of thioether (sulfide) groups is 1. The maximum absolute atomic E-state index is 12.6. The first-order valence-electron chi connectivity index (χ1n) is 8.93. The normalized spacial score (nSPS) is 10.7. The molecule has 150 valence electrons. The van der Waals surface area contributed by atoms with Gasteiger partial charge >= 0.3 is 0 Å².